The Bertz CT molecular complexity index is 425. The van der Waals surface area contributed by atoms with Crippen molar-refractivity contribution in [3.63, 3.8) is 0 Å². The van der Waals surface area contributed by atoms with Crippen molar-refractivity contribution in [3.8, 4) is 5.75 Å². The van der Waals surface area contributed by atoms with E-state index in [2.05, 4.69) is 5.32 Å². The third kappa shape index (κ3) is 2.58. The van der Waals surface area contributed by atoms with E-state index in [0.717, 1.165) is 5.56 Å². The van der Waals surface area contributed by atoms with Crippen LogP contribution >= 0.6 is 0 Å². The summed E-state index contributed by atoms with van der Waals surface area (Å²) in [5.74, 6) is 0.440. The molecule has 4 heteroatoms. The van der Waals surface area contributed by atoms with Gasteiger partial charge in [-0.25, -0.2) is 0 Å². The molecule has 0 unspecified atom stereocenters. The van der Waals surface area contributed by atoms with Gasteiger partial charge in [-0.05, 0) is 31.9 Å². The number of hydrogen-bond donors (Lipinski definition) is 2. The fraction of sp³-hybridized carbons (Fsp3) is 0.462. The summed E-state index contributed by atoms with van der Waals surface area (Å²) in [4.78, 5) is 12.0. The first-order valence-corrected chi connectivity index (χ1v) is 5.73. The van der Waals surface area contributed by atoms with Crippen molar-refractivity contribution in [3.05, 3.63) is 29.3 Å². The van der Waals surface area contributed by atoms with E-state index in [1.165, 1.54) is 0 Å². The van der Waals surface area contributed by atoms with Crippen LogP contribution in [0.2, 0.25) is 0 Å². The first-order valence-electron chi connectivity index (χ1n) is 5.73. The van der Waals surface area contributed by atoms with Crippen molar-refractivity contribution >= 4 is 5.91 Å². The molecule has 0 radical (unpaired) electrons. The van der Waals surface area contributed by atoms with Crippen molar-refractivity contribution in [2.45, 2.75) is 31.9 Å². The summed E-state index contributed by atoms with van der Waals surface area (Å²) in [6, 6.07) is 5.59. The van der Waals surface area contributed by atoms with Crippen LogP contribution in [0.3, 0.4) is 0 Å². The van der Waals surface area contributed by atoms with E-state index in [1.807, 2.05) is 19.1 Å². The number of aliphatic hydroxyl groups is 1. The molecule has 4 nitrogen and oxygen atoms in total. The molecule has 1 saturated carbocycles. The molecule has 0 heterocycles. The molecular weight excluding hydrogens is 218 g/mol. The molecule has 1 amide bonds. The molecule has 92 valence electrons. The maximum Gasteiger partial charge on any atom is 0.255 e. The third-order valence-electron chi connectivity index (χ3n) is 3.05. The maximum atomic E-state index is 12.0. The van der Waals surface area contributed by atoms with Gasteiger partial charge in [-0.15, -0.1) is 0 Å². The summed E-state index contributed by atoms with van der Waals surface area (Å²) in [5, 5.41) is 12.1. The minimum atomic E-state index is -0.264. The zero-order chi connectivity index (χ0) is 12.4. The average molecular weight is 235 g/mol. The third-order valence-corrected chi connectivity index (χ3v) is 3.05. The molecule has 0 aliphatic heterocycles. The number of aryl methyl sites for hydroxylation is 1. The van der Waals surface area contributed by atoms with E-state index in [-0.39, 0.29) is 18.1 Å². The second kappa shape index (κ2) is 4.75. The van der Waals surface area contributed by atoms with Gasteiger partial charge in [0.25, 0.3) is 5.91 Å². The Hall–Kier alpha value is -1.55. The molecule has 17 heavy (non-hydrogen) atoms. The number of rotatable bonds is 3. The second-order valence-corrected chi connectivity index (χ2v) is 4.50. The Morgan fingerprint density at radius 1 is 1.47 bits per heavy atom. The van der Waals surface area contributed by atoms with E-state index >= 15 is 0 Å². The van der Waals surface area contributed by atoms with Gasteiger partial charge in [0.15, 0.2) is 0 Å². The van der Waals surface area contributed by atoms with Crippen LogP contribution in [-0.4, -0.2) is 30.3 Å². The maximum absolute atomic E-state index is 12.0. The SMILES string of the molecule is COc1ccc(C)cc1C(=O)NC1CC(O)C1. The molecule has 1 aliphatic rings. The van der Waals surface area contributed by atoms with E-state index in [1.54, 1.807) is 13.2 Å². The number of nitrogens with one attached hydrogen (secondary N) is 1. The molecule has 1 aromatic carbocycles. The van der Waals surface area contributed by atoms with Gasteiger partial charge < -0.3 is 15.2 Å². The molecule has 1 aromatic rings. The Morgan fingerprint density at radius 2 is 2.18 bits per heavy atom. The molecule has 0 saturated heterocycles. The molecule has 2 rings (SSSR count). The Kier molecular flexibility index (Phi) is 3.33. The lowest BCUT2D eigenvalue weighted by Gasteiger charge is -2.32. The number of carbonyl (C=O) groups excluding carboxylic acids is 1. The minimum Gasteiger partial charge on any atom is -0.496 e. The van der Waals surface area contributed by atoms with E-state index in [9.17, 15) is 9.90 Å². The predicted octanol–water partition coefficient (Wildman–Crippen LogP) is 1.26. The van der Waals surface area contributed by atoms with Crippen LogP contribution in [0.5, 0.6) is 5.75 Å². The number of methoxy groups -OCH3 is 1. The van der Waals surface area contributed by atoms with Crippen LogP contribution in [0, 0.1) is 6.92 Å². The lowest BCUT2D eigenvalue weighted by atomic mass is 9.89. The number of aliphatic hydroxyl groups excluding tert-OH is 1. The largest absolute Gasteiger partial charge is 0.496 e. The quantitative estimate of drug-likeness (QED) is 0.829. The van der Waals surface area contributed by atoms with Crippen molar-refractivity contribution < 1.29 is 14.6 Å². The lowest BCUT2D eigenvalue weighted by molar-refractivity contribution is 0.0561. The monoisotopic (exact) mass is 235 g/mol. The summed E-state index contributed by atoms with van der Waals surface area (Å²) < 4.78 is 5.17. The molecule has 0 atom stereocenters. The Morgan fingerprint density at radius 3 is 2.76 bits per heavy atom. The van der Waals surface area contributed by atoms with E-state index < -0.39 is 0 Å². The molecule has 0 bridgehead atoms. The van der Waals surface area contributed by atoms with Gasteiger partial charge in [0.1, 0.15) is 5.75 Å². The molecule has 0 aromatic heterocycles. The molecular formula is C13H17NO3. The fourth-order valence-corrected chi connectivity index (χ4v) is 1.97. The number of amides is 1. The van der Waals surface area contributed by atoms with Gasteiger partial charge in [-0.3, -0.25) is 4.79 Å². The zero-order valence-electron chi connectivity index (χ0n) is 10.1. The average Bonchev–Trinajstić information content (AvgIpc) is 2.27. The fourth-order valence-electron chi connectivity index (χ4n) is 1.97. The highest BCUT2D eigenvalue weighted by molar-refractivity contribution is 5.97. The van der Waals surface area contributed by atoms with Gasteiger partial charge >= 0.3 is 0 Å². The van der Waals surface area contributed by atoms with Crippen molar-refractivity contribution in [1.82, 2.24) is 5.32 Å². The smallest absolute Gasteiger partial charge is 0.255 e. The molecule has 1 fully saturated rings. The molecule has 1 aliphatic carbocycles. The molecule has 0 spiro atoms. The van der Waals surface area contributed by atoms with Crippen LogP contribution < -0.4 is 10.1 Å². The minimum absolute atomic E-state index is 0.0859. The molecule has 2 N–H and O–H groups in total. The first-order chi connectivity index (χ1) is 8.10. The van der Waals surface area contributed by atoms with Gasteiger partial charge in [-0.2, -0.15) is 0 Å². The lowest BCUT2D eigenvalue weighted by Crippen LogP contribution is -2.46. The normalized spacial score (nSPS) is 22.8. The van der Waals surface area contributed by atoms with Crippen LogP contribution in [0.4, 0.5) is 0 Å². The van der Waals surface area contributed by atoms with Gasteiger partial charge in [0, 0.05) is 6.04 Å². The standard InChI is InChI=1S/C13H17NO3/c1-8-3-4-12(17-2)11(5-8)13(16)14-9-6-10(15)7-9/h3-5,9-10,15H,6-7H2,1-2H3,(H,14,16). The van der Waals surface area contributed by atoms with Crippen LogP contribution in [-0.2, 0) is 0 Å². The van der Waals surface area contributed by atoms with Gasteiger partial charge in [-0.1, -0.05) is 11.6 Å². The Labute approximate surface area is 101 Å². The predicted molar refractivity (Wildman–Crippen MR) is 64.2 cm³/mol. The highest BCUT2D eigenvalue weighted by Gasteiger charge is 2.29. The summed E-state index contributed by atoms with van der Waals surface area (Å²) in [6.07, 6.45) is 1.01. The van der Waals surface area contributed by atoms with E-state index in [0.29, 0.717) is 24.2 Å². The van der Waals surface area contributed by atoms with Crippen molar-refractivity contribution in [2.24, 2.45) is 0 Å². The topological polar surface area (TPSA) is 58.6 Å². The van der Waals surface area contributed by atoms with Crippen LogP contribution in [0.15, 0.2) is 18.2 Å². The zero-order valence-corrected chi connectivity index (χ0v) is 10.1. The Balaban J connectivity index is 2.09. The summed E-state index contributed by atoms with van der Waals surface area (Å²) in [6.45, 7) is 1.93. The summed E-state index contributed by atoms with van der Waals surface area (Å²) in [7, 11) is 1.55. The highest BCUT2D eigenvalue weighted by atomic mass is 16.5. The number of ether oxygens (including phenoxy) is 1. The first kappa shape index (κ1) is 11.9. The summed E-state index contributed by atoms with van der Waals surface area (Å²) >= 11 is 0. The van der Waals surface area contributed by atoms with Gasteiger partial charge in [0.2, 0.25) is 0 Å². The van der Waals surface area contributed by atoms with Crippen LogP contribution in [0.25, 0.3) is 0 Å². The van der Waals surface area contributed by atoms with Crippen LogP contribution in [0.1, 0.15) is 28.8 Å². The second-order valence-electron chi connectivity index (χ2n) is 4.50. The highest BCUT2D eigenvalue weighted by Crippen LogP contribution is 2.23. The van der Waals surface area contributed by atoms with Crippen molar-refractivity contribution in [2.75, 3.05) is 7.11 Å². The number of benzene rings is 1. The summed E-state index contributed by atoms with van der Waals surface area (Å²) in [5.41, 5.74) is 1.57. The number of hydrogen-bond acceptors (Lipinski definition) is 3. The van der Waals surface area contributed by atoms with Crippen molar-refractivity contribution in [1.29, 1.82) is 0 Å². The number of carbonyl (C=O) groups is 1. The van der Waals surface area contributed by atoms with Gasteiger partial charge in [0.05, 0.1) is 18.8 Å². The van der Waals surface area contributed by atoms with E-state index in [4.69, 9.17) is 4.74 Å².